The van der Waals surface area contributed by atoms with Crippen LogP contribution in [0.15, 0.2) is 36.4 Å². The zero-order chi connectivity index (χ0) is 12.5. The minimum absolute atomic E-state index is 0.182. The molecule has 2 amide bonds. The Balaban J connectivity index is 2.39. The standard InChI is InChI=1S/C13H15NO3/c1-17-10-9-13(16)14-12(15)8-7-11-5-3-2-4-6-11/h2-8H,9-10H2,1H3,(H,14,15,16). The smallest absolute Gasteiger partial charge is 0.250 e. The Morgan fingerprint density at radius 2 is 2.00 bits per heavy atom. The van der Waals surface area contributed by atoms with Crippen molar-refractivity contribution in [2.24, 2.45) is 0 Å². The molecule has 1 rings (SSSR count). The first-order chi connectivity index (χ1) is 8.22. The van der Waals surface area contributed by atoms with Gasteiger partial charge in [-0.1, -0.05) is 30.3 Å². The van der Waals surface area contributed by atoms with E-state index < -0.39 is 5.91 Å². The summed E-state index contributed by atoms with van der Waals surface area (Å²) in [6.07, 6.45) is 3.17. The quantitative estimate of drug-likeness (QED) is 0.782. The van der Waals surface area contributed by atoms with Crippen LogP contribution >= 0.6 is 0 Å². The van der Waals surface area contributed by atoms with E-state index in [1.165, 1.54) is 13.2 Å². The SMILES string of the molecule is COCCC(=O)NC(=O)C=Cc1ccccc1. The summed E-state index contributed by atoms with van der Waals surface area (Å²) in [7, 11) is 1.50. The number of rotatable bonds is 5. The molecule has 0 unspecified atom stereocenters. The minimum Gasteiger partial charge on any atom is -0.384 e. The second-order valence-electron chi connectivity index (χ2n) is 3.40. The third kappa shape index (κ3) is 5.63. The number of amides is 2. The van der Waals surface area contributed by atoms with E-state index in [0.29, 0.717) is 6.61 Å². The van der Waals surface area contributed by atoms with E-state index in [9.17, 15) is 9.59 Å². The fourth-order valence-corrected chi connectivity index (χ4v) is 1.17. The van der Waals surface area contributed by atoms with Crippen LogP contribution in [0.5, 0.6) is 0 Å². The molecule has 0 aromatic heterocycles. The van der Waals surface area contributed by atoms with Crippen LogP contribution in [0.2, 0.25) is 0 Å². The molecule has 4 heteroatoms. The van der Waals surface area contributed by atoms with Crippen LogP contribution in [0.25, 0.3) is 6.08 Å². The van der Waals surface area contributed by atoms with Crippen molar-refractivity contribution in [2.45, 2.75) is 6.42 Å². The molecule has 1 aromatic rings. The van der Waals surface area contributed by atoms with E-state index in [1.807, 2.05) is 30.3 Å². The van der Waals surface area contributed by atoms with Crippen molar-refractivity contribution in [3.63, 3.8) is 0 Å². The average molecular weight is 233 g/mol. The van der Waals surface area contributed by atoms with Crippen LogP contribution in [0.4, 0.5) is 0 Å². The van der Waals surface area contributed by atoms with E-state index >= 15 is 0 Å². The maximum atomic E-state index is 11.3. The molecule has 90 valence electrons. The Labute approximate surface area is 100 Å². The van der Waals surface area contributed by atoms with Crippen LogP contribution in [-0.4, -0.2) is 25.5 Å². The molecule has 0 aliphatic carbocycles. The van der Waals surface area contributed by atoms with E-state index in [2.05, 4.69) is 5.32 Å². The maximum absolute atomic E-state index is 11.3. The lowest BCUT2D eigenvalue weighted by Gasteiger charge is -1.99. The van der Waals surface area contributed by atoms with E-state index in [1.54, 1.807) is 6.08 Å². The number of carbonyl (C=O) groups is 2. The molecular formula is C13H15NO3. The third-order valence-corrected chi connectivity index (χ3v) is 2.02. The number of methoxy groups -OCH3 is 1. The summed E-state index contributed by atoms with van der Waals surface area (Å²) in [6.45, 7) is 0.307. The molecule has 0 spiro atoms. The van der Waals surface area contributed by atoms with Crippen LogP contribution in [0.1, 0.15) is 12.0 Å². The van der Waals surface area contributed by atoms with Crippen molar-refractivity contribution in [1.82, 2.24) is 5.32 Å². The molecule has 0 saturated heterocycles. The maximum Gasteiger partial charge on any atom is 0.250 e. The summed E-state index contributed by atoms with van der Waals surface area (Å²) in [5, 5.41) is 2.24. The van der Waals surface area contributed by atoms with Crippen molar-refractivity contribution in [3.05, 3.63) is 42.0 Å². The molecule has 0 heterocycles. The van der Waals surface area contributed by atoms with Crippen molar-refractivity contribution < 1.29 is 14.3 Å². The summed E-state index contributed by atoms with van der Waals surface area (Å²) in [4.78, 5) is 22.5. The number of hydrogen-bond donors (Lipinski definition) is 1. The number of carbonyl (C=O) groups excluding carboxylic acids is 2. The highest BCUT2D eigenvalue weighted by atomic mass is 16.5. The normalized spacial score (nSPS) is 10.4. The van der Waals surface area contributed by atoms with Crippen molar-refractivity contribution in [1.29, 1.82) is 0 Å². The van der Waals surface area contributed by atoms with Crippen LogP contribution in [-0.2, 0) is 14.3 Å². The van der Waals surface area contributed by atoms with Gasteiger partial charge in [-0.3, -0.25) is 14.9 Å². The van der Waals surface area contributed by atoms with Gasteiger partial charge in [-0.2, -0.15) is 0 Å². The summed E-state index contributed by atoms with van der Waals surface area (Å²) < 4.78 is 4.73. The van der Waals surface area contributed by atoms with E-state index in [0.717, 1.165) is 5.56 Å². The van der Waals surface area contributed by atoms with Gasteiger partial charge in [0, 0.05) is 13.2 Å². The molecule has 0 radical (unpaired) electrons. The molecule has 0 aliphatic heterocycles. The van der Waals surface area contributed by atoms with Crippen molar-refractivity contribution in [3.8, 4) is 0 Å². The Morgan fingerprint density at radius 1 is 1.29 bits per heavy atom. The predicted octanol–water partition coefficient (Wildman–Crippen LogP) is 1.38. The zero-order valence-corrected chi connectivity index (χ0v) is 9.68. The summed E-state index contributed by atoms with van der Waals surface area (Å²) in [5.74, 6) is -0.760. The third-order valence-electron chi connectivity index (χ3n) is 2.02. The monoisotopic (exact) mass is 233 g/mol. The lowest BCUT2D eigenvalue weighted by Crippen LogP contribution is -2.29. The van der Waals surface area contributed by atoms with Gasteiger partial charge in [0.25, 0.3) is 5.91 Å². The number of benzene rings is 1. The molecule has 1 aromatic carbocycles. The van der Waals surface area contributed by atoms with E-state index in [-0.39, 0.29) is 12.3 Å². The Kier molecular flexibility index (Phi) is 5.68. The van der Waals surface area contributed by atoms with Gasteiger partial charge in [0.05, 0.1) is 13.0 Å². The topological polar surface area (TPSA) is 55.4 Å². The Morgan fingerprint density at radius 3 is 2.65 bits per heavy atom. The van der Waals surface area contributed by atoms with Crippen molar-refractivity contribution in [2.75, 3.05) is 13.7 Å². The second-order valence-corrected chi connectivity index (χ2v) is 3.40. The van der Waals surface area contributed by atoms with E-state index in [4.69, 9.17) is 4.74 Å². The van der Waals surface area contributed by atoms with Gasteiger partial charge < -0.3 is 4.74 Å². The zero-order valence-electron chi connectivity index (χ0n) is 9.68. The van der Waals surface area contributed by atoms with Gasteiger partial charge in [-0.05, 0) is 11.6 Å². The number of nitrogens with one attached hydrogen (secondary N) is 1. The van der Waals surface area contributed by atoms with Gasteiger partial charge in [-0.15, -0.1) is 0 Å². The Bertz CT molecular complexity index is 398. The summed E-state index contributed by atoms with van der Waals surface area (Å²) >= 11 is 0. The molecule has 1 N–H and O–H groups in total. The highest BCUT2D eigenvalue weighted by Gasteiger charge is 2.03. The van der Waals surface area contributed by atoms with Gasteiger partial charge in [0.15, 0.2) is 0 Å². The number of hydrogen-bond acceptors (Lipinski definition) is 3. The fourth-order valence-electron chi connectivity index (χ4n) is 1.17. The molecular weight excluding hydrogens is 218 g/mol. The lowest BCUT2D eigenvalue weighted by atomic mass is 10.2. The number of ether oxygens (including phenoxy) is 1. The van der Waals surface area contributed by atoms with Crippen LogP contribution in [0.3, 0.4) is 0 Å². The molecule has 0 fully saturated rings. The largest absolute Gasteiger partial charge is 0.384 e. The molecule has 0 atom stereocenters. The molecule has 0 aliphatic rings. The van der Waals surface area contributed by atoms with Gasteiger partial charge in [-0.25, -0.2) is 0 Å². The highest BCUT2D eigenvalue weighted by Crippen LogP contribution is 2.00. The molecule has 4 nitrogen and oxygen atoms in total. The van der Waals surface area contributed by atoms with Gasteiger partial charge in [0.2, 0.25) is 5.91 Å². The first-order valence-corrected chi connectivity index (χ1v) is 5.28. The fraction of sp³-hybridized carbons (Fsp3) is 0.231. The number of imide groups is 1. The first kappa shape index (κ1) is 13.1. The Hall–Kier alpha value is -1.94. The first-order valence-electron chi connectivity index (χ1n) is 5.28. The average Bonchev–Trinajstić information content (AvgIpc) is 2.35. The molecule has 17 heavy (non-hydrogen) atoms. The summed E-state index contributed by atoms with van der Waals surface area (Å²) in [5.41, 5.74) is 0.909. The molecule has 0 bridgehead atoms. The molecule has 0 saturated carbocycles. The van der Waals surface area contributed by atoms with Crippen LogP contribution in [0, 0.1) is 0 Å². The van der Waals surface area contributed by atoms with Gasteiger partial charge in [0.1, 0.15) is 0 Å². The lowest BCUT2D eigenvalue weighted by molar-refractivity contribution is -0.128. The van der Waals surface area contributed by atoms with Gasteiger partial charge >= 0.3 is 0 Å². The predicted molar refractivity (Wildman–Crippen MR) is 65.1 cm³/mol. The second kappa shape index (κ2) is 7.35. The minimum atomic E-state index is -0.421. The van der Waals surface area contributed by atoms with Crippen molar-refractivity contribution >= 4 is 17.9 Å². The van der Waals surface area contributed by atoms with Crippen LogP contribution < -0.4 is 5.32 Å². The highest BCUT2D eigenvalue weighted by molar-refractivity contribution is 6.02. The summed E-state index contributed by atoms with van der Waals surface area (Å²) in [6, 6.07) is 9.39.